The number of halogens is 3. The van der Waals surface area contributed by atoms with E-state index < -0.39 is 0 Å². The summed E-state index contributed by atoms with van der Waals surface area (Å²) in [6.45, 7) is 1.58. The van der Waals surface area contributed by atoms with Crippen LogP contribution in [-0.2, 0) is 12.8 Å². The standard InChI is InChI=1S/C25H28Cl2N4O.ClH/c26-20-15-17(16-30-24(20)27)25(32)29-14-8-2-1-7-13-28-23-18-9-3-5-11-21(18)31-22-12-6-4-10-19(22)23;/h3,5,9,11,15-16H,1-2,4,6-8,10,12-14H2,(H,28,31)(H,29,32);1H. The fourth-order valence-corrected chi connectivity index (χ4v) is 4.51. The summed E-state index contributed by atoms with van der Waals surface area (Å²) in [6.07, 6.45) is 10.3. The Morgan fingerprint density at radius 3 is 2.58 bits per heavy atom. The summed E-state index contributed by atoms with van der Waals surface area (Å²) in [5, 5.41) is 8.35. The third kappa shape index (κ3) is 6.50. The van der Waals surface area contributed by atoms with Gasteiger partial charge in [0.05, 0.1) is 16.1 Å². The third-order valence-corrected chi connectivity index (χ3v) is 6.60. The molecule has 0 radical (unpaired) electrons. The van der Waals surface area contributed by atoms with Crippen molar-refractivity contribution >= 4 is 58.1 Å². The zero-order valence-electron chi connectivity index (χ0n) is 18.5. The van der Waals surface area contributed by atoms with Crippen molar-refractivity contribution in [3.8, 4) is 0 Å². The molecule has 1 amide bonds. The molecule has 33 heavy (non-hydrogen) atoms. The summed E-state index contributed by atoms with van der Waals surface area (Å²) in [5.74, 6) is -0.174. The fourth-order valence-electron chi connectivity index (χ4n) is 4.24. The van der Waals surface area contributed by atoms with Crippen LogP contribution in [0.2, 0.25) is 10.2 Å². The number of aryl methyl sites for hydroxylation is 1. The Morgan fingerprint density at radius 1 is 1.00 bits per heavy atom. The first-order chi connectivity index (χ1) is 15.6. The Labute approximate surface area is 211 Å². The first-order valence-electron chi connectivity index (χ1n) is 11.4. The summed E-state index contributed by atoms with van der Waals surface area (Å²) in [6, 6.07) is 9.97. The zero-order valence-corrected chi connectivity index (χ0v) is 20.8. The summed E-state index contributed by atoms with van der Waals surface area (Å²) < 4.78 is 0. The average Bonchev–Trinajstić information content (AvgIpc) is 2.81. The Balaban J connectivity index is 0.00000306. The summed E-state index contributed by atoms with van der Waals surface area (Å²) >= 11 is 11.7. The molecule has 0 saturated carbocycles. The van der Waals surface area contributed by atoms with Gasteiger partial charge in [-0.2, -0.15) is 0 Å². The van der Waals surface area contributed by atoms with Crippen molar-refractivity contribution in [2.45, 2.75) is 51.4 Å². The van der Waals surface area contributed by atoms with Gasteiger partial charge in [-0.15, -0.1) is 12.4 Å². The van der Waals surface area contributed by atoms with E-state index in [2.05, 4.69) is 39.9 Å². The Bertz CT molecular complexity index is 1110. The SMILES string of the molecule is Cl.O=C(NCCCCCCNc1c2c(nc3ccccc13)CCCC2)c1cnc(Cl)c(Cl)c1. The molecule has 2 N–H and O–H groups in total. The second kappa shape index (κ2) is 12.4. The number of para-hydroxylation sites is 1. The number of anilines is 1. The number of aromatic nitrogens is 2. The van der Waals surface area contributed by atoms with Crippen LogP contribution in [0.25, 0.3) is 10.9 Å². The van der Waals surface area contributed by atoms with Crippen molar-refractivity contribution in [3.05, 3.63) is 63.5 Å². The van der Waals surface area contributed by atoms with E-state index in [4.69, 9.17) is 28.2 Å². The lowest BCUT2D eigenvalue weighted by Crippen LogP contribution is -2.24. The highest BCUT2D eigenvalue weighted by Gasteiger charge is 2.17. The number of hydrogen-bond donors (Lipinski definition) is 2. The van der Waals surface area contributed by atoms with E-state index in [0.29, 0.717) is 12.1 Å². The fraction of sp³-hybridized carbons (Fsp3) is 0.400. The number of fused-ring (bicyclic) bond motifs is 2. The molecule has 8 heteroatoms. The molecule has 0 spiro atoms. The lowest BCUT2D eigenvalue weighted by Gasteiger charge is -2.21. The van der Waals surface area contributed by atoms with Gasteiger partial charge in [-0.05, 0) is 56.2 Å². The molecular weight excluding hydrogens is 479 g/mol. The van der Waals surface area contributed by atoms with Crippen LogP contribution in [0.1, 0.15) is 60.1 Å². The summed E-state index contributed by atoms with van der Waals surface area (Å²) in [4.78, 5) is 21.0. The van der Waals surface area contributed by atoms with Crippen molar-refractivity contribution in [2.24, 2.45) is 0 Å². The van der Waals surface area contributed by atoms with E-state index >= 15 is 0 Å². The van der Waals surface area contributed by atoms with E-state index in [1.54, 1.807) is 6.07 Å². The first kappa shape index (κ1) is 25.5. The number of carbonyl (C=O) groups excluding carboxylic acids is 1. The highest BCUT2D eigenvalue weighted by molar-refractivity contribution is 6.41. The van der Waals surface area contributed by atoms with Gasteiger partial charge in [0.2, 0.25) is 0 Å². The maximum atomic E-state index is 12.2. The second-order valence-corrected chi connectivity index (χ2v) is 9.00. The van der Waals surface area contributed by atoms with Gasteiger partial charge in [0, 0.05) is 36.1 Å². The molecular formula is C25H29Cl3N4O. The predicted octanol–water partition coefficient (Wildman–Crippen LogP) is 6.64. The van der Waals surface area contributed by atoms with E-state index in [1.807, 2.05) is 0 Å². The number of carbonyl (C=O) groups is 1. The van der Waals surface area contributed by atoms with Gasteiger partial charge in [0.15, 0.2) is 0 Å². The van der Waals surface area contributed by atoms with Gasteiger partial charge >= 0.3 is 0 Å². The maximum Gasteiger partial charge on any atom is 0.252 e. The molecule has 2 aromatic heterocycles. The van der Waals surface area contributed by atoms with E-state index in [1.165, 1.54) is 41.4 Å². The van der Waals surface area contributed by atoms with E-state index in [-0.39, 0.29) is 28.5 Å². The van der Waals surface area contributed by atoms with Crippen LogP contribution in [0, 0.1) is 0 Å². The predicted molar refractivity (Wildman–Crippen MR) is 139 cm³/mol. The Kier molecular flexibility index (Phi) is 9.60. The monoisotopic (exact) mass is 506 g/mol. The minimum atomic E-state index is -0.174. The smallest absolute Gasteiger partial charge is 0.252 e. The van der Waals surface area contributed by atoms with Crippen LogP contribution in [0.15, 0.2) is 36.5 Å². The first-order valence-corrected chi connectivity index (χ1v) is 12.1. The summed E-state index contributed by atoms with van der Waals surface area (Å²) in [5.41, 5.74) is 5.48. The largest absolute Gasteiger partial charge is 0.384 e. The van der Waals surface area contributed by atoms with Crippen LogP contribution in [0.3, 0.4) is 0 Å². The van der Waals surface area contributed by atoms with Gasteiger partial charge in [-0.25, -0.2) is 4.98 Å². The molecule has 176 valence electrons. The minimum Gasteiger partial charge on any atom is -0.384 e. The minimum absolute atomic E-state index is 0. The maximum absolute atomic E-state index is 12.2. The molecule has 2 heterocycles. The molecule has 1 aromatic carbocycles. The van der Waals surface area contributed by atoms with Crippen molar-refractivity contribution in [3.63, 3.8) is 0 Å². The van der Waals surface area contributed by atoms with Crippen molar-refractivity contribution < 1.29 is 4.79 Å². The van der Waals surface area contributed by atoms with Gasteiger partial charge in [-0.1, -0.05) is 54.2 Å². The van der Waals surface area contributed by atoms with Crippen LogP contribution in [-0.4, -0.2) is 29.0 Å². The van der Waals surface area contributed by atoms with Crippen molar-refractivity contribution in [2.75, 3.05) is 18.4 Å². The second-order valence-electron chi connectivity index (χ2n) is 8.23. The molecule has 0 unspecified atom stereocenters. The molecule has 0 atom stereocenters. The molecule has 0 aliphatic heterocycles. The highest BCUT2D eigenvalue weighted by Crippen LogP contribution is 2.33. The topological polar surface area (TPSA) is 66.9 Å². The van der Waals surface area contributed by atoms with Gasteiger partial charge in [-0.3, -0.25) is 9.78 Å². The van der Waals surface area contributed by atoms with Gasteiger partial charge in [0.25, 0.3) is 5.91 Å². The van der Waals surface area contributed by atoms with Crippen LogP contribution >= 0.6 is 35.6 Å². The highest BCUT2D eigenvalue weighted by atomic mass is 35.5. The molecule has 1 aliphatic rings. The summed E-state index contributed by atoms with van der Waals surface area (Å²) in [7, 11) is 0. The number of hydrogen-bond acceptors (Lipinski definition) is 4. The molecule has 5 nitrogen and oxygen atoms in total. The molecule has 0 saturated heterocycles. The van der Waals surface area contributed by atoms with Crippen molar-refractivity contribution in [1.82, 2.24) is 15.3 Å². The number of unbranched alkanes of at least 4 members (excludes halogenated alkanes) is 3. The number of amides is 1. The van der Waals surface area contributed by atoms with Crippen LogP contribution in [0.4, 0.5) is 5.69 Å². The third-order valence-electron chi connectivity index (χ3n) is 5.92. The van der Waals surface area contributed by atoms with Crippen LogP contribution in [0.5, 0.6) is 0 Å². The molecule has 1 aliphatic carbocycles. The van der Waals surface area contributed by atoms with E-state index in [0.717, 1.165) is 50.6 Å². The normalized spacial score (nSPS) is 12.7. The lowest BCUT2D eigenvalue weighted by molar-refractivity contribution is 0.0952. The Hall–Kier alpha value is -2.08. The Morgan fingerprint density at radius 2 is 1.76 bits per heavy atom. The lowest BCUT2D eigenvalue weighted by atomic mass is 9.92. The average molecular weight is 508 g/mol. The zero-order chi connectivity index (χ0) is 22.3. The number of rotatable bonds is 9. The van der Waals surface area contributed by atoms with Crippen molar-refractivity contribution in [1.29, 1.82) is 0 Å². The quantitative estimate of drug-likeness (QED) is 0.252. The van der Waals surface area contributed by atoms with Gasteiger partial charge in [0.1, 0.15) is 5.15 Å². The van der Waals surface area contributed by atoms with E-state index in [9.17, 15) is 4.79 Å². The number of nitrogens with zero attached hydrogens (tertiary/aromatic N) is 2. The molecule has 3 aromatic rings. The number of pyridine rings is 2. The molecule has 0 bridgehead atoms. The van der Waals surface area contributed by atoms with Gasteiger partial charge < -0.3 is 10.6 Å². The van der Waals surface area contributed by atoms with Crippen LogP contribution < -0.4 is 10.6 Å². The molecule has 4 rings (SSSR count). The number of benzene rings is 1. The molecule has 0 fully saturated rings. The number of nitrogens with one attached hydrogen (secondary N) is 2.